The Morgan fingerprint density at radius 3 is 2.25 bits per heavy atom. The molecular weight excluding hydrogens is 215 g/mol. The van der Waals surface area contributed by atoms with Gasteiger partial charge in [0.25, 0.3) is 0 Å². The first-order chi connectivity index (χ1) is 3.68. The van der Waals surface area contributed by atoms with Crippen LogP contribution < -0.4 is 0 Å². The summed E-state index contributed by atoms with van der Waals surface area (Å²) in [6, 6.07) is 0. The predicted octanol–water partition coefficient (Wildman–Crippen LogP) is 2.04. The Labute approximate surface area is 64.0 Å². The Bertz CT molecular complexity index is 78.6. The molecule has 0 saturated heterocycles. The molecule has 0 heterocycles. The second kappa shape index (κ2) is 4.30. The first kappa shape index (κ1) is 8.40. The molecule has 0 fully saturated rings. The van der Waals surface area contributed by atoms with Crippen LogP contribution in [-0.4, -0.2) is 10.2 Å². The zero-order chi connectivity index (χ0) is 6.57. The highest BCUT2D eigenvalue weighted by Crippen LogP contribution is 1.99. The third-order valence-electron chi connectivity index (χ3n) is 0.985. The molecule has 48 valence electrons. The Balaban J connectivity index is 3.33. The molecule has 0 aliphatic rings. The molecule has 0 rings (SSSR count). The van der Waals surface area contributed by atoms with Gasteiger partial charge in [0.1, 0.15) is 5.78 Å². The van der Waals surface area contributed by atoms with Crippen LogP contribution in [0.25, 0.3) is 0 Å². The van der Waals surface area contributed by atoms with E-state index in [1.165, 1.54) is 0 Å². The van der Waals surface area contributed by atoms with Crippen LogP contribution in [0, 0.1) is 5.92 Å². The van der Waals surface area contributed by atoms with Crippen molar-refractivity contribution < 1.29 is 4.79 Å². The Hall–Kier alpha value is 0.400. The smallest absolute Gasteiger partial charge is 0.136 e. The SMILES string of the molecule is CC(C)C(=O)CCI. The molecule has 0 radical (unpaired) electrons. The number of hydrogen-bond donors (Lipinski definition) is 0. The lowest BCUT2D eigenvalue weighted by atomic mass is 10.1. The second-order valence-corrected chi connectivity index (χ2v) is 3.14. The van der Waals surface area contributed by atoms with E-state index >= 15 is 0 Å². The van der Waals surface area contributed by atoms with E-state index in [1.807, 2.05) is 13.8 Å². The van der Waals surface area contributed by atoms with Crippen molar-refractivity contribution in [3.8, 4) is 0 Å². The summed E-state index contributed by atoms with van der Waals surface area (Å²) in [4.78, 5) is 10.7. The fourth-order valence-electron chi connectivity index (χ4n) is 0.382. The fourth-order valence-corrected chi connectivity index (χ4v) is 0.913. The van der Waals surface area contributed by atoms with E-state index < -0.39 is 0 Å². The second-order valence-electron chi connectivity index (χ2n) is 2.06. The van der Waals surface area contributed by atoms with Crippen LogP contribution in [-0.2, 0) is 4.79 Å². The van der Waals surface area contributed by atoms with Crippen LogP contribution >= 0.6 is 22.6 Å². The largest absolute Gasteiger partial charge is 0.299 e. The van der Waals surface area contributed by atoms with Gasteiger partial charge in [-0.15, -0.1) is 0 Å². The molecule has 0 aliphatic carbocycles. The molecule has 1 nitrogen and oxygen atoms in total. The standard InChI is InChI=1S/C6H11IO/c1-5(2)6(8)3-4-7/h5H,3-4H2,1-2H3. The van der Waals surface area contributed by atoms with Gasteiger partial charge in [-0.1, -0.05) is 36.4 Å². The van der Waals surface area contributed by atoms with Gasteiger partial charge in [-0.05, 0) is 0 Å². The van der Waals surface area contributed by atoms with Crippen LogP contribution in [0.5, 0.6) is 0 Å². The van der Waals surface area contributed by atoms with Crippen molar-refractivity contribution in [3.05, 3.63) is 0 Å². The lowest BCUT2D eigenvalue weighted by molar-refractivity contribution is -0.121. The normalized spacial score (nSPS) is 10.0. The summed E-state index contributed by atoms with van der Waals surface area (Å²) in [5.74, 6) is 0.601. The molecule has 0 spiro atoms. The summed E-state index contributed by atoms with van der Waals surface area (Å²) in [6.07, 6.45) is 0.734. The first-order valence-electron chi connectivity index (χ1n) is 2.77. The number of carbonyl (C=O) groups excluding carboxylic acids is 1. The highest BCUT2D eigenvalue weighted by Gasteiger charge is 2.03. The van der Waals surface area contributed by atoms with Crippen molar-refractivity contribution in [1.82, 2.24) is 0 Å². The zero-order valence-electron chi connectivity index (χ0n) is 5.28. The Morgan fingerprint density at radius 1 is 1.62 bits per heavy atom. The molecule has 0 saturated carbocycles. The van der Waals surface area contributed by atoms with Gasteiger partial charge < -0.3 is 0 Å². The van der Waals surface area contributed by atoms with E-state index in [4.69, 9.17) is 0 Å². The third kappa shape index (κ3) is 3.41. The van der Waals surface area contributed by atoms with Gasteiger partial charge in [-0.2, -0.15) is 0 Å². The molecule has 0 N–H and O–H groups in total. The Morgan fingerprint density at radius 2 is 2.12 bits per heavy atom. The van der Waals surface area contributed by atoms with Crippen molar-refractivity contribution in [2.24, 2.45) is 5.92 Å². The van der Waals surface area contributed by atoms with Gasteiger partial charge in [-0.25, -0.2) is 0 Å². The van der Waals surface area contributed by atoms with Crippen LogP contribution in [0.15, 0.2) is 0 Å². The minimum Gasteiger partial charge on any atom is -0.299 e. The summed E-state index contributed by atoms with van der Waals surface area (Å²) in [7, 11) is 0. The summed E-state index contributed by atoms with van der Waals surface area (Å²) >= 11 is 2.22. The lowest BCUT2D eigenvalue weighted by Gasteiger charge is -1.98. The predicted molar refractivity (Wildman–Crippen MR) is 43.3 cm³/mol. The number of alkyl halides is 1. The van der Waals surface area contributed by atoms with Crippen molar-refractivity contribution in [2.75, 3.05) is 4.43 Å². The average Bonchev–Trinajstić information content (AvgIpc) is 1.67. The molecule has 0 aromatic carbocycles. The van der Waals surface area contributed by atoms with E-state index in [0.29, 0.717) is 5.78 Å². The van der Waals surface area contributed by atoms with Crippen molar-refractivity contribution in [1.29, 1.82) is 0 Å². The van der Waals surface area contributed by atoms with Crippen molar-refractivity contribution in [3.63, 3.8) is 0 Å². The van der Waals surface area contributed by atoms with Gasteiger partial charge in [0.2, 0.25) is 0 Å². The maximum atomic E-state index is 10.7. The highest BCUT2D eigenvalue weighted by atomic mass is 127. The molecule has 2 heteroatoms. The average molecular weight is 226 g/mol. The number of ketones is 1. The van der Waals surface area contributed by atoms with E-state index in [9.17, 15) is 4.79 Å². The van der Waals surface area contributed by atoms with Crippen LogP contribution in [0.4, 0.5) is 0 Å². The van der Waals surface area contributed by atoms with Crippen molar-refractivity contribution in [2.45, 2.75) is 20.3 Å². The van der Waals surface area contributed by atoms with Gasteiger partial charge in [0.15, 0.2) is 0 Å². The fraction of sp³-hybridized carbons (Fsp3) is 0.833. The molecule has 0 aromatic heterocycles. The summed E-state index contributed by atoms with van der Waals surface area (Å²) in [5.41, 5.74) is 0. The van der Waals surface area contributed by atoms with E-state index in [-0.39, 0.29) is 5.92 Å². The minimum absolute atomic E-state index is 0.227. The third-order valence-corrected chi connectivity index (χ3v) is 1.52. The Kier molecular flexibility index (Phi) is 4.51. The molecule has 0 unspecified atom stereocenters. The quantitative estimate of drug-likeness (QED) is 0.531. The number of rotatable bonds is 3. The van der Waals surface area contributed by atoms with Crippen LogP contribution in [0.3, 0.4) is 0 Å². The molecule has 0 bridgehead atoms. The first-order valence-corrected chi connectivity index (χ1v) is 4.29. The van der Waals surface area contributed by atoms with E-state index in [2.05, 4.69) is 22.6 Å². The van der Waals surface area contributed by atoms with E-state index in [1.54, 1.807) is 0 Å². The maximum absolute atomic E-state index is 10.7. The van der Waals surface area contributed by atoms with Crippen molar-refractivity contribution >= 4 is 28.4 Å². The lowest BCUT2D eigenvalue weighted by Crippen LogP contribution is -2.06. The van der Waals surface area contributed by atoms with Gasteiger partial charge in [0.05, 0.1) is 0 Å². The van der Waals surface area contributed by atoms with E-state index in [0.717, 1.165) is 10.8 Å². The van der Waals surface area contributed by atoms with Gasteiger partial charge >= 0.3 is 0 Å². The minimum atomic E-state index is 0.227. The monoisotopic (exact) mass is 226 g/mol. The van der Waals surface area contributed by atoms with Crippen LogP contribution in [0.1, 0.15) is 20.3 Å². The van der Waals surface area contributed by atoms with Gasteiger partial charge in [0, 0.05) is 16.8 Å². The highest BCUT2D eigenvalue weighted by molar-refractivity contribution is 14.1. The zero-order valence-corrected chi connectivity index (χ0v) is 7.44. The van der Waals surface area contributed by atoms with Crippen LogP contribution in [0.2, 0.25) is 0 Å². The summed E-state index contributed by atoms with van der Waals surface area (Å²) < 4.78 is 0.953. The number of hydrogen-bond acceptors (Lipinski definition) is 1. The number of Topliss-reactive ketones (excluding diaryl/α,β-unsaturated/α-hetero) is 1. The molecule has 0 aliphatic heterocycles. The molecule has 0 amide bonds. The summed E-state index contributed by atoms with van der Waals surface area (Å²) in [5, 5.41) is 0. The molecule has 0 aromatic rings. The number of halogens is 1. The van der Waals surface area contributed by atoms with Gasteiger partial charge in [-0.3, -0.25) is 4.79 Å². The maximum Gasteiger partial charge on any atom is 0.136 e. The molecule has 0 atom stereocenters. The molecule has 8 heavy (non-hydrogen) atoms. The number of carbonyl (C=O) groups is 1. The topological polar surface area (TPSA) is 17.1 Å². The summed E-state index contributed by atoms with van der Waals surface area (Å²) in [6.45, 7) is 3.88. The molecular formula is C6H11IO.